The molecule has 0 fully saturated rings. The highest BCUT2D eigenvalue weighted by Gasteiger charge is 2.16. The third-order valence-electron chi connectivity index (χ3n) is 2.37. The van der Waals surface area contributed by atoms with Crippen molar-refractivity contribution in [3.8, 4) is 0 Å². The van der Waals surface area contributed by atoms with Crippen molar-refractivity contribution in [2.24, 2.45) is 11.8 Å². The highest BCUT2D eigenvalue weighted by atomic mass is 16.5. The summed E-state index contributed by atoms with van der Waals surface area (Å²) in [4.78, 5) is 32.9. The summed E-state index contributed by atoms with van der Waals surface area (Å²) in [5.74, 6) is -2.15. The van der Waals surface area contributed by atoms with E-state index in [1.807, 2.05) is 13.8 Å². The maximum Gasteiger partial charge on any atom is 0.306 e. The van der Waals surface area contributed by atoms with Crippen molar-refractivity contribution >= 4 is 17.7 Å². The SMILES string of the molecule is CC(C)C(=O)CCCOC(=O)CC(C)C(=O)O. The second-order valence-electron chi connectivity index (χ2n) is 4.39. The third kappa shape index (κ3) is 7.49. The standard InChI is InChI=1S/C12H20O5/c1-8(2)10(13)5-4-6-17-11(14)7-9(3)12(15)16/h8-9H,4-7H2,1-3H3,(H,15,16). The Balaban J connectivity index is 3.65. The molecule has 0 aromatic carbocycles. The molecule has 1 unspecified atom stereocenters. The zero-order valence-corrected chi connectivity index (χ0v) is 10.6. The molecule has 1 atom stereocenters. The topological polar surface area (TPSA) is 80.7 Å². The molecule has 0 aliphatic heterocycles. The van der Waals surface area contributed by atoms with Gasteiger partial charge in [-0.2, -0.15) is 0 Å². The monoisotopic (exact) mass is 244 g/mol. The Hall–Kier alpha value is -1.39. The van der Waals surface area contributed by atoms with Gasteiger partial charge in [-0.25, -0.2) is 0 Å². The molecule has 0 aliphatic carbocycles. The number of hydrogen-bond donors (Lipinski definition) is 1. The van der Waals surface area contributed by atoms with Gasteiger partial charge in [0, 0.05) is 12.3 Å². The molecule has 0 saturated heterocycles. The van der Waals surface area contributed by atoms with Gasteiger partial charge in [0.05, 0.1) is 18.9 Å². The minimum atomic E-state index is -1.02. The van der Waals surface area contributed by atoms with E-state index in [4.69, 9.17) is 9.84 Å². The first-order valence-corrected chi connectivity index (χ1v) is 5.75. The lowest BCUT2D eigenvalue weighted by molar-refractivity contribution is -0.151. The molecule has 0 aliphatic rings. The number of rotatable bonds is 8. The van der Waals surface area contributed by atoms with E-state index in [-0.39, 0.29) is 24.7 Å². The van der Waals surface area contributed by atoms with E-state index in [1.54, 1.807) is 0 Å². The van der Waals surface area contributed by atoms with Crippen LogP contribution in [-0.2, 0) is 19.1 Å². The van der Waals surface area contributed by atoms with Crippen LogP contribution >= 0.6 is 0 Å². The van der Waals surface area contributed by atoms with Crippen LogP contribution in [0.3, 0.4) is 0 Å². The number of ketones is 1. The van der Waals surface area contributed by atoms with Gasteiger partial charge in [-0.05, 0) is 6.42 Å². The average Bonchev–Trinajstić information content (AvgIpc) is 2.23. The fourth-order valence-corrected chi connectivity index (χ4v) is 1.12. The van der Waals surface area contributed by atoms with Crippen LogP contribution in [0.4, 0.5) is 0 Å². The Morgan fingerprint density at radius 2 is 1.76 bits per heavy atom. The van der Waals surface area contributed by atoms with E-state index in [9.17, 15) is 14.4 Å². The van der Waals surface area contributed by atoms with E-state index in [0.29, 0.717) is 12.8 Å². The third-order valence-corrected chi connectivity index (χ3v) is 2.37. The van der Waals surface area contributed by atoms with Crippen LogP contribution in [0.1, 0.15) is 40.0 Å². The zero-order chi connectivity index (χ0) is 13.4. The molecule has 0 bridgehead atoms. The van der Waals surface area contributed by atoms with Gasteiger partial charge in [-0.3, -0.25) is 14.4 Å². The van der Waals surface area contributed by atoms with E-state index < -0.39 is 17.9 Å². The minimum absolute atomic E-state index is 0.00210. The first-order chi connectivity index (χ1) is 7.84. The van der Waals surface area contributed by atoms with Crippen LogP contribution in [0.5, 0.6) is 0 Å². The van der Waals surface area contributed by atoms with Crippen molar-refractivity contribution in [3.05, 3.63) is 0 Å². The fraction of sp³-hybridized carbons (Fsp3) is 0.750. The van der Waals surface area contributed by atoms with Gasteiger partial charge in [0.25, 0.3) is 0 Å². The van der Waals surface area contributed by atoms with Gasteiger partial charge in [0.1, 0.15) is 5.78 Å². The largest absolute Gasteiger partial charge is 0.481 e. The highest BCUT2D eigenvalue weighted by Crippen LogP contribution is 2.05. The summed E-state index contributed by atoms with van der Waals surface area (Å²) in [6.45, 7) is 5.27. The molecule has 98 valence electrons. The molecular weight excluding hydrogens is 224 g/mol. The van der Waals surface area contributed by atoms with Gasteiger partial charge in [-0.15, -0.1) is 0 Å². The van der Waals surface area contributed by atoms with Crippen LogP contribution in [0.2, 0.25) is 0 Å². The van der Waals surface area contributed by atoms with Gasteiger partial charge in [0.2, 0.25) is 0 Å². The molecule has 0 saturated carbocycles. The number of Topliss-reactive ketones (excluding diaryl/α,β-unsaturated/α-hetero) is 1. The Bertz CT molecular complexity index is 283. The smallest absolute Gasteiger partial charge is 0.306 e. The maximum atomic E-state index is 11.2. The lowest BCUT2D eigenvalue weighted by Gasteiger charge is -2.07. The van der Waals surface area contributed by atoms with Gasteiger partial charge in [-0.1, -0.05) is 20.8 Å². The Kier molecular flexibility index (Phi) is 7.18. The summed E-state index contributed by atoms with van der Waals surface area (Å²) < 4.78 is 4.84. The van der Waals surface area contributed by atoms with Crippen molar-refractivity contribution in [1.29, 1.82) is 0 Å². The number of carboxylic acids is 1. The van der Waals surface area contributed by atoms with Crippen LogP contribution < -0.4 is 0 Å². The van der Waals surface area contributed by atoms with Gasteiger partial charge in [0.15, 0.2) is 0 Å². The summed E-state index contributed by atoms with van der Waals surface area (Å²) >= 11 is 0. The molecule has 0 rings (SSSR count). The van der Waals surface area contributed by atoms with Gasteiger partial charge >= 0.3 is 11.9 Å². The molecule has 1 N–H and O–H groups in total. The summed E-state index contributed by atoms with van der Waals surface area (Å²) in [6, 6.07) is 0. The molecule has 0 heterocycles. The molecule has 5 nitrogen and oxygen atoms in total. The first-order valence-electron chi connectivity index (χ1n) is 5.75. The molecule has 0 aromatic rings. The van der Waals surface area contributed by atoms with Crippen LogP contribution in [0, 0.1) is 11.8 Å². The van der Waals surface area contributed by atoms with Crippen molar-refractivity contribution in [2.45, 2.75) is 40.0 Å². The van der Waals surface area contributed by atoms with Crippen LogP contribution in [-0.4, -0.2) is 29.4 Å². The van der Waals surface area contributed by atoms with Crippen molar-refractivity contribution in [1.82, 2.24) is 0 Å². The van der Waals surface area contributed by atoms with E-state index >= 15 is 0 Å². The zero-order valence-electron chi connectivity index (χ0n) is 10.6. The van der Waals surface area contributed by atoms with Crippen molar-refractivity contribution in [2.75, 3.05) is 6.61 Å². The van der Waals surface area contributed by atoms with Crippen LogP contribution in [0.25, 0.3) is 0 Å². The van der Waals surface area contributed by atoms with E-state index in [1.165, 1.54) is 6.92 Å². The predicted molar refractivity (Wildman–Crippen MR) is 61.5 cm³/mol. The lowest BCUT2D eigenvalue weighted by atomic mass is 10.1. The number of carboxylic acid groups (broad SMARTS) is 1. The van der Waals surface area contributed by atoms with Crippen LogP contribution in [0.15, 0.2) is 0 Å². The number of esters is 1. The molecule has 17 heavy (non-hydrogen) atoms. The van der Waals surface area contributed by atoms with E-state index in [0.717, 1.165) is 0 Å². The lowest BCUT2D eigenvalue weighted by Crippen LogP contribution is -2.17. The Labute approximate surface area is 101 Å². The second-order valence-corrected chi connectivity index (χ2v) is 4.39. The molecule has 0 spiro atoms. The summed E-state index contributed by atoms with van der Waals surface area (Å²) in [5, 5.41) is 8.58. The highest BCUT2D eigenvalue weighted by molar-refractivity contribution is 5.80. The summed E-state index contributed by atoms with van der Waals surface area (Å²) in [6.07, 6.45) is 0.747. The average molecular weight is 244 g/mol. The van der Waals surface area contributed by atoms with E-state index in [2.05, 4.69) is 0 Å². The summed E-state index contributed by atoms with van der Waals surface area (Å²) in [5.41, 5.74) is 0. The molecule has 0 aromatic heterocycles. The number of aliphatic carboxylic acids is 1. The number of carbonyl (C=O) groups excluding carboxylic acids is 2. The molecule has 0 amide bonds. The minimum Gasteiger partial charge on any atom is -0.481 e. The normalized spacial score (nSPS) is 12.2. The van der Waals surface area contributed by atoms with Crippen molar-refractivity contribution < 1.29 is 24.2 Å². The molecular formula is C12H20O5. The van der Waals surface area contributed by atoms with Crippen molar-refractivity contribution in [3.63, 3.8) is 0 Å². The predicted octanol–water partition coefficient (Wildman–Crippen LogP) is 1.65. The molecule has 0 radical (unpaired) electrons. The first kappa shape index (κ1) is 15.6. The number of carbonyl (C=O) groups is 3. The summed E-state index contributed by atoms with van der Waals surface area (Å²) in [7, 11) is 0. The Morgan fingerprint density at radius 1 is 1.18 bits per heavy atom. The number of ether oxygens (including phenoxy) is 1. The Morgan fingerprint density at radius 3 is 2.24 bits per heavy atom. The quantitative estimate of drug-likeness (QED) is 0.518. The second kappa shape index (κ2) is 7.81. The maximum absolute atomic E-state index is 11.2. The number of hydrogen-bond acceptors (Lipinski definition) is 4. The van der Waals surface area contributed by atoms with Gasteiger partial charge < -0.3 is 9.84 Å². The fourth-order valence-electron chi connectivity index (χ4n) is 1.12. The molecule has 5 heteroatoms.